The molecule has 0 bridgehead atoms. The summed E-state index contributed by atoms with van der Waals surface area (Å²) < 4.78 is 1.34. The molecular weight excluding hydrogens is 264 g/mol. The lowest BCUT2D eigenvalue weighted by molar-refractivity contribution is 0.0966. The van der Waals surface area contributed by atoms with E-state index >= 15 is 0 Å². The van der Waals surface area contributed by atoms with E-state index in [0.29, 0.717) is 12.1 Å². The number of halogens is 1. The van der Waals surface area contributed by atoms with Crippen LogP contribution < -0.4 is 11.2 Å². The molecule has 106 valence electrons. The molecule has 1 saturated carbocycles. The Morgan fingerprint density at radius 1 is 1.37 bits per heavy atom. The highest BCUT2D eigenvalue weighted by Crippen LogP contribution is 2.44. The van der Waals surface area contributed by atoms with Gasteiger partial charge in [-0.25, -0.2) is 4.79 Å². The lowest BCUT2D eigenvalue weighted by Gasteiger charge is -2.41. The monoisotopic (exact) mass is 284 g/mol. The summed E-state index contributed by atoms with van der Waals surface area (Å²) in [4.78, 5) is 27.0. The lowest BCUT2D eigenvalue weighted by atomic mass is 9.67. The van der Waals surface area contributed by atoms with Gasteiger partial charge in [0.2, 0.25) is 0 Å². The van der Waals surface area contributed by atoms with Crippen LogP contribution in [0.1, 0.15) is 57.9 Å². The van der Waals surface area contributed by atoms with Gasteiger partial charge in [0, 0.05) is 6.54 Å². The molecule has 0 atom stereocenters. The van der Waals surface area contributed by atoms with E-state index in [2.05, 4.69) is 11.9 Å². The fraction of sp³-hybridized carbons (Fsp3) is 0.714. The molecule has 1 fully saturated rings. The number of rotatable bonds is 4. The van der Waals surface area contributed by atoms with Crippen molar-refractivity contribution in [1.29, 1.82) is 0 Å². The molecule has 1 aliphatic rings. The Morgan fingerprint density at radius 3 is 2.42 bits per heavy atom. The van der Waals surface area contributed by atoms with Crippen molar-refractivity contribution in [1.82, 2.24) is 9.55 Å². The first-order chi connectivity index (χ1) is 8.90. The Morgan fingerprint density at radius 2 is 2.00 bits per heavy atom. The van der Waals surface area contributed by atoms with Crippen molar-refractivity contribution in [2.75, 3.05) is 0 Å². The fourth-order valence-corrected chi connectivity index (χ4v) is 3.22. The molecule has 19 heavy (non-hydrogen) atoms. The zero-order chi connectivity index (χ0) is 14.2. The quantitative estimate of drug-likeness (QED) is 0.865. The molecule has 0 aliphatic heterocycles. The summed E-state index contributed by atoms with van der Waals surface area (Å²) in [5.41, 5.74) is 0.00766. The molecule has 4 nitrogen and oxygen atoms in total. The molecule has 5 heteroatoms. The molecule has 0 aromatic carbocycles. The molecule has 0 saturated heterocycles. The van der Waals surface area contributed by atoms with Crippen molar-refractivity contribution in [3.05, 3.63) is 31.6 Å². The Hall–Kier alpha value is -1.03. The first-order valence-corrected chi connectivity index (χ1v) is 7.30. The highest BCUT2D eigenvalue weighted by molar-refractivity contribution is 6.30. The summed E-state index contributed by atoms with van der Waals surface area (Å²) in [5.74, 6) is 0.00191. The average molecular weight is 285 g/mol. The van der Waals surface area contributed by atoms with E-state index in [1.54, 1.807) is 0 Å². The van der Waals surface area contributed by atoms with E-state index in [0.717, 1.165) is 19.3 Å². The van der Waals surface area contributed by atoms with Crippen molar-refractivity contribution in [3.63, 3.8) is 0 Å². The molecule has 1 aromatic rings. The van der Waals surface area contributed by atoms with Crippen LogP contribution >= 0.6 is 11.6 Å². The Bertz CT molecular complexity index is 577. The van der Waals surface area contributed by atoms with Crippen LogP contribution in [0.25, 0.3) is 0 Å². The number of hydrogen-bond acceptors (Lipinski definition) is 2. The van der Waals surface area contributed by atoms with Crippen molar-refractivity contribution in [3.8, 4) is 0 Å². The van der Waals surface area contributed by atoms with Crippen molar-refractivity contribution >= 4 is 11.6 Å². The van der Waals surface area contributed by atoms with Gasteiger partial charge in [0.25, 0.3) is 5.56 Å². The smallest absolute Gasteiger partial charge is 0.297 e. The second-order valence-electron chi connectivity index (χ2n) is 5.91. The summed E-state index contributed by atoms with van der Waals surface area (Å²) in [6.45, 7) is 6.45. The minimum absolute atomic E-state index is 0.00191. The Kier molecular flexibility index (Phi) is 3.90. The highest BCUT2D eigenvalue weighted by Gasteiger charge is 2.36. The minimum atomic E-state index is -0.390. The molecule has 1 heterocycles. The van der Waals surface area contributed by atoms with Gasteiger partial charge in [-0.05, 0) is 30.6 Å². The predicted octanol–water partition coefficient (Wildman–Crippen LogP) is 2.89. The van der Waals surface area contributed by atoms with Crippen LogP contribution in [0.2, 0.25) is 5.15 Å². The molecule has 0 spiro atoms. The second kappa shape index (κ2) is 5.16. The van der Waals surface area contributed by atoms with E-state index in [4.69, 9.17) is 11.6 Å². The standard InChI is InChI=1S/C14H21ClN2O2/c1-4-14(6-5-7-14)8-17-12(18)10(9(2)3)11(15)16-13(17)19/h9H,4-8H2,1-3H3,(H,16,19). The van der Waals surface area contributed by atoms with Crippen LogP contribution in [0.5, 0.6) is 0 Å². The van der Waals surface area contributed by atoms with Gasteiger partial charge in [-0.15, -0.1) is 0 Å². The van der Waals surface area contributed by atoms with Gasteiger partial charge >= 0.3 is 5.69 Å². The molecule has 0 amide bonds. The van der Waals surface area contributed by atoms with E-state index < -0.39 is 0 Å². The third kappa shape index (κ3) is 2.50. The van der Waals surface area contributed by atoms with Gasteiger partial charge in [-0.2, -0.15) is 0 Å². The van der Waals surface area contributed by atoms with Crippen LogP contribution in [0.3, 0.4) is 0 Å². The predicted molar refractivity (Wildman–Crippen MR) is 77.0 cm³/mol. The summed E-state index contributed by atoms with van der Waals surface area (Å²) in [5, 5.41) is 0.181. The summed E-state index contributed by atoms with van der Waals surface area (Å²) in [7, 11) is 0. The number of hydrogen-bond donors (Lipinski definition) is 1. The maximum atomic E-state index is 12.4. The minimum Gasteiger partial charge on any atom is -0.297 e. The Balaban J connectivity index is 2.49. The SMILES string of the molecule is CCC1(Cn2c(=O)[nH]c(Cl)c(C(C)C)c2=O)CCC1. The summed E-state index contributed by atoms with van der Waals surface area (Å²) in [6.07, 6.45) is 4.37. The number of nitrogens with one attached hydrogen (secondary N) is 1. The number of nitrogens with zero attached hydrogens (tertiary/aromatic N) is 1. The molecular formula is C14H21ClN2O2. The Labute approximate surface area is 117 Å². The van der Waals surface area contributed by atoms with Crippen LogP contribution in [0.15, 0.2) is 9.59 Å². The maximum Gasteiger partial charge on any atom is 0.329 e. The fourth-order valence-electron chi connectivity index (χ4n) is 2.84. The topological polar surface area (TPSA) is 54.9 Å². The van der Waals surface area contributed by atoms with E-state index in [1.165, 1.54) is 11.0 Å². The third-order valence-corrected chi connectivity index (χ3v) is 4.71. The average Bonchev–Trinajstić information content (AvgIpc) is 2.26. The van der Waals surface area contributed by atoms with E-state index in [1.807, 2.05) is 13.8 Å². The second-order valence-corrected chi connectivity index (χ2v) is 6.29. The first-order valence-electron chi connectivity index (χ1n) is 6.93. The van der Waals surface area contributed by atoms with Gasteiger partial charge in [-0.3, -0.25) is 14.3 Å². The molecule has 1 aromatic heterocycles. The zero-order valence-electron chi connectivity index (χ0n) is 11.8. The van der Waals surface area contributed by atoms with Crippen molar-refractivity contribution in [2.45, 2.75) is 58.9 Å². The van der Waals surface area contributed by atoms with Crippen molar-refractivity contribution in [2.24, 2.45) is 5.41 Å². The molecule has 0 radical (unpaired) electrons. The number of H-pyrrole nitrogens is 1. The molecule has 1 N–H and O–H groups in total. The summed E-state index contributed by atoms with van der Waals surface area (Å²) >= 11 is 5.99. The van der Waals surface area contributed by atoms with E-state index in [9.17, 15) is 9.59 Å². The number of aromatic nitrogens is 2. The van der Waals surface area contributed by atoms with Gasteiger partial charge in [0.15, 0.2) is 0 Å². The largest absolute Gasteiger partial charge is 0.329 e. The number of aromatic amines is 1. The molecule has 1 aliphatic carbocycles. The van der Waals surface area contributed by atoms with Gasteiger partial charge < -0.3 is 0 Å². The van der Waals surface area contributed by atoms with Crippen LogP contribution in [-0.4, -0.2) is 9.55 Å². The van der Waals surface area contributed by atoms with Crippen LogP contribution in [0, 0.1) is 5.41 Å². The first kappa shape index (κ1) is 14.4. The maximum absolute atomic E-state index is 12.4. The van der Waals surface area contributed by atoms with Crippen molar-refractivity contribution < 1.29 is 0 Å². The van der Waals surface area contributed by atoms with Crippen LogP contribution in [0.4, 0.5) is 0 Å². The van der Waals surface area contributed by atoms with Gasteiger partial charge in [0.1, 0.15) is 5.15 Å². The van der Waals surface area contributed by atoms with Gasteiger partial charge in [0.05, 0.1) is 5.56 Å². The highest BCUT2D eigenvalue weighted by atomic mass is 35.5. The lowest BCUT2D eigenvalue weighted by Crippen LogP contribution is -2.45. The zero-order valence-corrected chi connectivity index (χ0v) is 12.5. The molecule has 2 rings (SSSR count). The summed E-state index contributed by atoms with van der Waals surface area (Å²) in [6, 6.07) is 0. The van der Waals surface area contributed by atoms with Crippen LogP contribution in [-0.2, 0) is 6.54 Å². The van der Waals surface area contributed by atoms with Gasteiger partial charge in [-0.1, -0.05) is 38.8 Å². The van der Waals surface area contributed by atoms with E-state index in [-0.39, 0.29) is 27.7 Å². The third-order valence-electron chi connectivity index (χ3n) is 4.41. The normalized spacial score (nSPS) is 17.5. The molecule has 0 unspecified atom stereocenters.